The lowest BCUT2D eigenvalue weighted by Gasteiger charge is -2.25. The van der Waals surface area contributed by atoms with E-state index >= 15 is 0 Å². The molecule has 1 aliphatic rings. The Hall–Kier alpha value is -2.03. The van der Waals surface area contributed by atoms with E-state index in [4.69, 9.17) is 4.74 Å². The summed E-state index contributed by atoms with van der Waals surface area (Å²) >= 11 is 1.51. The van der Waals surface area contributed by atoms with Crippen LogP contribution in [-0.2, 0) is 14.8 Å². The molecule has 6 nitrogen and oxygen atoms in total. The minimum absolute atomic E-state index is 0.0459. The average Bonchev–Trinajstić information content (AvgIpc) is 2.78. The van der Waals surface area contributed by atoms with Gasteiger partial charge in [-0.1, -0.05) is 24.6 Å². The third-order valence-corrected chi connectivity index (χ3v) is 7.90. The highest BCUT2D eigenvalue weighted by Crippen LogP contribution is 2.23. The third-order valence-electron chi connectivity index (χ3n) is 4.87. The molecule has 1 N–H and O–H groups in total. The van der Waals surface area contributed by atoms with E-state index in [1.165, 1.54) is 11.8 Å². The van der Waals surface area contributed by atoms with Crippen molar-refractivity contribution in [2.45, 2.75) is 41.2 Å². The predicted molar refractivity (Wildman–Crippen MR) is 119 cm³/mol. The normalized spacial score (nSPS) is 16.0. The van der Waals surface area contributed by atoms with E-state index in [1.807, 2.05) is 37.3 Å². The predicted octanol–water partition coefficient (Wildman–Crippen LogP) is 3.54. The average molecular weight is 449 g/mol. The van der Waals surface area contributed by atoms with E-state index in [0.29, 0.717) is 32.0 Å². The fourth-order valence-corrected chi connectivity index (χ4v) is 5.64. The largest absolute Gasteiger partial charge is 0.492 e. The van der Waals surface area contributed by atoms with Gasteiger partial charge in [0.2, 0.25) is 15.9 Å². The van der Waals surface area contributed by atoms with E-state index in [1.54, 1.807) is 28.6 Å². The van der Waals surface area contributed by atoms with Crippen molar-refractivity contribution >= 4 is 27.7 Å². The molecule has 3 rings (SSSR count). The second-order valence-electron chi connectivity index (χ2n) is 7.15. The number of piperidine rings is 1. The van der Waals surface area contributed by atoms with Crippen LogP contribution < -0.4 is 10.1 Å². The number of ether oxygens (including phenoxy) is 1. The molecule has 2 aromatic rings. The summed E-state index contributed by atoms with van der Waals surface area (Å²) < 4.78 is 32.5. The van der Waals surface area contributed by atoms with E-state index in [0.717, 1.165) is 24.2 Å². The molecule has 1 atom stereocenters. The molecule has 0 aliphatic carbocycles. The first-order valence-electron chi connectivity index (χ1n) is 10.2. The monoisotopic (exact) mass is 448 g/mol. The van der Waals surface area contributed by atoms with Gasteiger partial charge in [-0.3, -0.25) is 4.79 Å². The lowest BCUT2D eigenvalue weighted by Crippen LogP contribution is -2.35. The van der Waals surface area contributed by atoms with E-state index in [-0.39, 0.29) is 16.1 Å². The molecule has 0 bridgehead atoms. The minimum atomic E-state index is -3.43. The van der Waals surface area contributed by atoms with Crippen molar-refractivity contribution in [1.29, 1.82) is 0 Å². The quantitative estimate of drug-likeness (QED) is 0.469. The fourth-order valence-electron chi connectivity index (χ4n) is 3.21. The summed E-state index contributed by atoms with van der Waals surface area (Å²) in [7, 11) is -3.43. The lowest BCUT2D eigenvalue weighted by atomic mass is 10.2. The van der Waals surface area contributed by atoms with Crippen LogP contribution in [0.15, 0.2) is 64.4 Å². The number of sulfonamides is 1. The summed E-state index contributed by atoms with van der Waals surface area (Å²) in [6.45, 7) is 3.73. The van der Waals surface area contributed by atoms with Gasteiger partial charge in [-0.25, -0.2) is 8.42 Å². The Morgan fingerprint density at radius 3 is 2.40 bits per heavy atom. The highest BCUT2D eigenvalue weighted by atomic mass is 32.2. The number of hydrogen-bond acceptors (Lipinski definition) is 5. The van der Waals surface area contributed by atoms with Gasteiger partial charge in [0.15, 0.2) is 0 Å². The molecule has 1 amide bonds. The Balaban J connectivity index is 1.42. The van der Waals surface area contributed by atoms with Gasteiger partial charge in [0.25, 0.3) is 0 Å². The van der Waals surface area contributed by atoms with Gasteiger partial charge in [0, 0.05) is 18.0 Å². The van der Waals surface area contributed by atoms with Gasteiger partial charge in [-0.15, -0.1) is 11.8 Å². The Morgan fingerprint density at radius 2 is 1.73 bits per heavy atom. The lowest BCUT2D eigenvalue weighted by molar-refractivity contribution is -0.120. The maximum Gasteiger partial charge on any atom is 0.243 e. The van der Waals surface area contributed by atoms with Gasteiger partial charge < -0.3 is 10.1 Å². The topological polar surface area (TPSA) is 75.7 Å². The smallest absolute Gasteiger partial charge is 0.243 e. The van der Waals surface area contributed by atoms with E-state index < -0.39 is 10.0 Å². The second kappa shape index (κ2) is 10.8. The van der Waals surface area contributed by atoms with Crippen molar-refractivity contribution in [2.24, 2.45) is 0 Å². The van der Waals surface area contributed by atoms with Gasteiger partial charge in [-0.2, -0.15) is 4.31 Å². The molecule has 0 radical (unpaired) electrons. The standard InChI is InChI=1S/C22H28N2O4S2/c1-18(29-20-8-4-2-5-9-20)22(25)23-14-17-28-19-10-12-21(13-11-19)30(26,27)24-15-6-3-7-16-24/h2,4-5,8-13,18H,3,6-7,14-17H2,1H3,(H,23,25)/t18-/m0/s1. The van der Waals surface area contributed by atoms with Crippen LogP contribution >= 0.6 is 11.8 Å². The minimum Gasteiger partial charge on any atom is -0.492 e. The van der Waals surface area contributed by atoms with Crippen LogP contribution in [0.4, 0.5) is 0 Å². The van der Waals surface area contributed by atoms with Crippen LogP contribution in [0.2, 0.25) is 0 Å². The number of rotatable bonds is 9. The molecule has 8 heteroatoms. The molecule has 1 aliphatic heterocycles. The number of nitrogens with one attached hydrogen (secondary N) is 1. The first-order chi connectivity index (χ1) is 14.5. The number of hydrogen-bond donors (Lipinski definition) is 1. The van der Waals surface area contributed by atoms with Crippen LogP contribution in [0.1, 0.15) is 26.2 Å². The molecule has 1 fully saturated rings. The molecule has 30 heavy (non-hydrogen) atoms. The number of thioether (sulfide) groups is 1. The zero-order chi connectivity index (χ0) is 21.4. The molecular formula is C22H28N2O4S2. The maximum absolute atomic E-state index is 12.7. The maximum atomic E-state index is 12.7. The highest BCUT2D eigenvalue weighted by Gasteiger charge is 2.25. The number of amides is 1. The molecule has 2 aromatic carbocycles. The van der Waals surface area contributed by atoms with E-state index in [9.17, 15) is 13.2 Å². The number of carbonyl (C=O) groups is 1. The Bertz CT molecular complexity index is 912. The highest BCUT2D eigenvalue weighted by molar-refractivity contribution is 8.00. The Kier molecular flexibility index (Phi) is 8.18. The van der Waals surface area contributed by atoms with Crippen LogP contribution in [-0.4, -0.2) is 50.1 Å². The van der Waals surface area contributed by atoms with Crippen molar-refractivity contribution in [2.75, 3.05) is 26.2 Å². The van der Waals surface area contributed by atoms with Crippen molar-refractivity contribution in [1.82, 2.24) is 9.62 Å². The molecule has 1 saturated heterocycles. The molecule has 1 heterocycles. The molecule has 162 valence electrons. The molecule has 0 unspecified atom stereocenters. The van der Waals surface area contributed by atoms with Gasteiger partial charge in [0.05, 0.1) is 16.7 Å². The van der Waals surface area contributed by atoms with Crippen LogP contribution in [0.5, 0.6) is 5.75 Å². The second-order valence-corrected chi connectivity index (χ2v) is 10.5. The summed E-state index contributed by atoms with van der Waals surface area (Å²) in [5, 5.41) is 2.66. The fraction of sp³-hybridized carbons (Fsp3) is 0.409. The first-order valence-corrected chi connectivity index (χ1v) is 12.5. The van der Waals surface area contributed by atoms with Crippen LogP contribution in [0.25, 0.3) is 0 Å². The number of carbonyl (C=O) groups excluding carboxylic acids is 1. The first kappa shape index (κ1) is 22.7. The van der Waals surface area contributed by atoms with Crippen molar-refractivity contribution in [3.8, 4) is 5.75 Å². The molecule has 0 saturated carbocycles. The summed E-state index contributed by atoms with van der Waals surface area (Å²) in [5.74, 6) is 0.531. The summed E-state index contributed by atoms with van der Waals surface area (Å²) in [5.41, 5.74) is 0. The van der Waals surface area contributed by atoms with Gasteiger partial charge in [-0.05, 0) is 56.2 Å². The van der Waals surface area contributed by atoms with Crippen molar-refractivity contribution in [3.63, 3.8) is 0 Å². The summed E-state index contributed by atoms with van der Waals surface area (Å²) in [6, 6.07) is 16.3. The van der Waals surface area contributed by atoms with Gasteiger partial charge >= 0.3 is 0 Å². The number of nitrogens with zero attached hydrogens (tertiary/aromatic N) is 1. The Morgan fingerprint density at radius 1 is 1.07 bits per heavy atom. The van der Waals surface area contributed by atoms with E-state index in [2.05, 4.69) is 5.32 Å². The zero-order valence-electron chi connectivity index (χ0n) is 17.1. The van der Waals surface area contributed by atoms with Gasteiger partial charge in [0.1, 0.15) is 12.4 Å². The molecule has 0 spiro atoms. The van der Waals surface area contributed by atoms with Crippen molar-refractivity contribution in [3.05, 3.63) is 54.6 Å². The Labute approximate surface area is 183 Å². The number of benzene rings is 2. The summed E-state index contributed by atoms with van der Waals surface area (Å²) in [4.78, 5) is 13.5. The SMILES string of the molecule is C[C@H](Sc1ccccc1)C(=O)NCCOc1ccc(S(=O)(=O)N2CCCCC2)cc1. The zero-order valence-corrected chi connectivity index (χ0v) is 18.8. The summed E-state index contributed by atoms with van der Waals surface area (Å²) in [6.07, 6.45) is 2.91. The van der Waals surface area contributed by atoms with Crippen LogP contribution in [0, 0.1) is 0 Å². The van der Waals surface area contributed by atoms with Crippen molar-refractivity contribution < 1.29 is 17.9 Å². The third kappa shape index (κ3) is 6.23. The molecular weight excluding hydrogens is 420 g/mol. The van der Waals surface area contributed by atoms with Crippen LogP contribution in [0.3, 0.4) is 0 Å². The molecule has 0 aromatic heterocycles.